The third-order valence-electron chi connectivity index (χ3n) is 2.74. The van der Waals surface area contributed by atoms with Crippen molar-refractivity contribution in [3.63, 3.8) is 0 Å². The van der Waals surface area contributed by atoms with Gasteiger partial charge in [0.25, 0.3) is 5.69 Å². The number of nitro groups is 1. The largest absolute Gasteiger partial charge is 0.475 e. The fraction of sp³-hybridized carbons (Fsp3) is 0.385. The van der Waals surface area contributed by atoms with E-state index in [1.54, 1.807) is 6.07 Å². The Bertz CT molecular complexity index is 542. The van der Waals surface area contributed by atoms with E-state index < -0.39 is 23.1 Å². The fourth-order valence-corrected chi connectivity index (χ4v) is 1.60. The van der Waals surface area contributed by atoms with Gasteiger partial charge in [0, 0.05) is 18.1 Å². The van der Waals surface area contributed by atoms with E-state index in [1.807, 2.05) is 20.8 Å². The number of ketones is 1. The molecular formula is C13H15NO5. The van der Waals surface area contributed by atoms with Crippen LogP contribution < -0.4 is 0 Å². The molecule has 6 heteroatoms. The number of aliphatic carboxylic acids is 1. The van der Waals surface area contributed by atoms with Gasteiger partial charge in [-0.3, -0.25) is 14.9 Å². The van der Waals surface area contributed by atoms with Crippen LogP contribution >= 0.6 is 0 Å². The normalized spacial score (nSPS) is 11.1. The molecule has 0 aliphatic heterocycles. The molecule has 0 fully saturated rings. The van der Waals surface area contributed by atoms with E-state index in [9.17, 15) is 19.7 Å². The van der Waals surface area contributed by atoms with E-state index in [1.165, 1.54) is 12.1 Å². The summed E-state index contributed by atoms with van der Waals surface area (Å²) >= 11 is 0. The van der Waals surface area contributed by atoms with Gasteiger partial charge < -0.3 is 5.11 Å². The number of rotatable bonds is 4. The topological polar surface area (TPSA) is 97.5 Å². The molecule has 0 bridgehead atoms. The Labute approximate surface area is 110 Å². The molecule has 0 heterocycles. The summed E-state index contributed by atoms with van der Waals surface area (Å²) in [6.45, 7) is 5.73. The summed E-state index contributed by atoms with van der Waals surface area (Å²) in [5.41, 5.74) is 0.387. The zero-order chi connectivity index (χ0) is 14.8. The van der Waals surface area contributed by atoms with Crippen LogP contribution in [0.3, 0.4) is 0 Å². The van der Waals surface area contributed by atoms with Crippen LogP contribution in [-0.2, 0) is 21.4 Å². The van der Waals surface area contributed by atoms with Gasteiger partial charge in [-0.1, -0.05) is 32.9 Å². The quantitative estimate of drug-likeness (QED) is 0.510. The molecule has 1 aromatic rings. The van der Waals surface area contributed by atoms with E-state index in [0.29, 0.717) is 0 Å². The first-order valence-corrected chi connectivity index (χ1v) is 5.67. The second-order valence-corrected chi connectivity index (χ2v) is 5.26. The minimum Gasteiger partial charge on any atom is -0.475 e. The zero-order valence-corrected chi connectivity index (χ0v) is 11.0. The summed E-state index contributed by atoms with van der Waals surface area (Å²) in [7, 11) is 0. The van der Waals surface area contributed by atoms with Crippen LogP contribution in [0, 0.1) is 10.1 Å². The second kappa shape index (κ2) is 5.17. The lowest BCUT2D eigenvalue weighted by Gasteiger charge is -2.19. The van der Waals surface area contributed by atoms with Crippen molar-refractivity contribution in [3.8, 4) is 0 Å². The Hall–Kier alpha value is -2.24. The maximum atomic E-state index is 11.1. The predicted molar refractivity (Wildman–Crippen MR) is 68.1 cm³/mol. The van der Waals surface area contributed by atoms with Crippen molar-refractivity contribution < 1.29 is 19.6 Å². The Morgan fingerprint density at radius 3 is 2.32 bits per heavy atom. The Kier molecular flexibility index (Phi) is 4.04. The molecule has 0 unspecified atom stereocenters. The third-order valence-corrected chi connectivity index (χ3v) is 2.74. The highest BCUT2D eigenvalue weighted by molar-refractivity contribution is 6.33. The Morgan fingerprint density at radius 2 is 1.89 bits per heavy atom. The smallest absolute Gasteiger partial charge is 0.372 e. The van der Waals surface area contributed by atoms with E-state index in [0.717, 1.165) is 5.56 Å². The average molecular weight is 265 g/mol. The molecule has 0 radical (unpaired) electrons. The molecule has 102 valence electrons. The summed E-state index contributed by atoms with van der Waals surface area (Å²) < 4.78 is 0. The van der Waals surface area contributed by atoms with Gasteiger partial charge in [0.15, 0.2) is 0 Å². The van der Waals surface area contributed by atoms with E-state index >= 15 is 0 Å². The highest BCUT2D eigenvalue weighted by atomic mass is 16.6. The summed E-state index contributed by atoms with van der Waals surface area (Å²) in [6, 6.07) is 4.52. The van der Waals surface area contributed by atoms with Crippen LogP contribution in [0.4, 0.5) is 5.69 Å². The molecule has 1 N–H and O–H groups in total. The Morgan fingerprint density at radius 1 is 1.32 bits per heavy atom. The lowest BCUT2D eigenvalue weighted by molar-refractivity contribution is -0.385. The number of carboxylic acids is 1. The molecular weight excluding hydrogens is 250 g/mol. The standard InChI is InChI=1S/C13H15NO5/c1-13(2,3)9-5-4-8(6-11(15)12(16)17)10(7-9)14(18)19/h4-5,7H,6H2,1-3H3,(H,16,17). The monoisotopic (exact) mass is 265 g/mol. The van der Waals surface area contributed by atoms with Crippen LogP contribution in [-0.4, -0.2) is 21.8 Å². The van der Waals surface area contributed by atoms with Crippen molar-refractivity contribution in [2.24, 2.45) is 0 Å². The van der Waals surface area contributed by atoms with Crippen molar-refractivity contribution in [1.82, 2.24) is 0 Å². The molecule has 0 atom stereocenters. The van der Waals surface area contributed by atoms with Gasteiger partial charge in [0.05, 0.1) is 4.92 Å². The molecule has 1 rings (SSSR count). The first kappa shape index (κ1) is 14.8. The van der Waals surface area contributed by atoms with Gasteiger partial charge in [-0.25, -0.2) is 4.79 Å². The number of carbonyl (C=O) groups excluding carboxylic acids is 1. The average Bonchev–Trinajstić information content (AvgIpc) is 2.27. The molecule has 0 aliphatic carbocycles. The molecule has 0 aromatic heterocycles. The number of Topliss-reactive ketones (excluding diaryl/α,β-unsaturated/α-hetero) is 1. The molecule has 0 aliphatic rings. The van der Waals surface area contributed by atoms with Crippen molar-refractivity contribution in [3.05, 3.63) is 39.4 Å². The number of hydrogen-bond donors (Lipinski definition) is 1. The van der Waals surface area contributed by atoms with Crippen molar-refractivity contribution in [2.75, 3.05) is 0 Å². The first-order chi connectivity index (χ1) is 8.62. The number of hydrogen-bond acceptors (Lipinski definition) is 4. The summed E-state index contributed by atoms with van der Waals surface area (Å²) in [4.78, 5) is 32.0. The predicted octanol–water partition coefficient (Wildman–Crippen LogP) is 2.09. The maximum Gasteiger partial charge on any atom is 0.372 e. The van der Waals surface area contributed by atoms with E-state index in [-0.39, 0.29) is 16.7 Å². The third kappa shape index (κ3) is 3.61. The minimum atomic E-state index is -1.59. The molecule has 19 heavy (non-hydrogen) atoms. The van der Waals surface area contributed by atoms with Crippen LogP contribution in [0.5, 0.6) is 0 Å². The lowest BCUT2D eigenvalue weighted by Crippen LogP contribution is -2.17. The van der Waals surface area contributed by atoms with Gasteiger partial charge in [-0.2, -0.15) is 0 Å². The molecule has 0 saturated heterocycles. The number of carbonyl (C=O) groups is 2. The van der Waals surface area contributed by atoms with Crippen LogP contribution in [0.2, 0.25) is 0 Å². The highest BCUT2D eigenvalue weighted by Gasteiger charge is 2.23. The number of benzene rings is 1. The van der Waals surface area contributed by atoms with E-state index in [4.69, 9.17) is 5.11 Å². The number of nitrogens with zero attached hydrogens (tertiary/aromatic N) is 1. The summed E-state index contributed by atoms with van der Waals surface area (Å²) in [5.74, 6) is -2.65. The molecule has 0 amide bonds. The van der Waals surface area contributed by atoms with Gasteiger partial charge in [-0.05, 0) is 11.0 Å². The van der Waals surface area contributed by atoms with Gasteiger partial charge in [0.1, 0.15) is 0 Å². The Balaban J connectivity index is 3.23. The van der Waals surface area contributed by atoms with Crippen LogP contribution in [0.25, 0.3) is 0 Å². The lowest BCUT2D eigenvalue weighted by atomic mass is 9.86. The van der Waals surface area contributed by atoms with Gasteiger partial charge in [-0.15, -0.1) is 0 Å². The molecule has 1 aromatic carbocycles. The maximum absolute atomic E-state index is 11.1. The molecule has 0 saturated carbocycles. The van der Waals surface area contributed by atoms with Crippen LogP contribution in [0.15, 0.2) is 18.2 Å². The van der Waals surface area contributed by atoms with E-state index in [2.05, 4.69) is 0 Å². The zero-order valence-electron chi connectivity index (χ0n) is 11.0. The molecule has 0 spiro atoms. The van der Waals surface area contributed by atoms with Gasteiger partial charge >= 0.3 is 5.97 Å². The second-order valence-electron chi connectivity index (χ2n) is 5.26. The van der Waals surface area contributed by atoms with Crippen molar-refractivity contribution >= 4 is 17.4 Å². The van der Waals surface area contributed by atoms with Gasteiger partial charge in [0.2, 0.25) is 5.78 Å². The highest BCUT2D eigenvalue weighted by Crippen LogP contribution is 2.28. The fourth-order valence-electron chi connectivity index (χ4n) is 1.60. The summed E-state index contributed by atoms with van der Waals surface area (Å²) in [6.07, 6.45) is -0.476. The number of carboxylic acid groups (broad SMARTS) is 1. The van der Waals surface area contributed by atoms with Crippen molar-refractivity contribution in [2.45, 2.75) is 32.6 Å². The summed E-state index contributed by atoms with van der Waals surface area (Å²) in [5, 5.41) is 19.5. The SMILES string of the molecule is CC(C)(C)c1ccc(CC(=O)C(=O)O)c([N+](=O)[O-])c1. The first-order valence-electron chi connectivity index (χ1n) is 5.67. The van der Waals surface area contributed by atoms with Crippen LogP contribution in [0.1, 0.15) is 31.9 Å². The number of nitro benzene ring substituents is 1. The minimum absolute atomic E-state index is 0.116. The van der Waals surface area contributed by atoms with Crippen molar-refractivity contribution in [1.29, 1.82) is 0 Å². The molecule has 6 nitrogen and oxygen atoms in total.